The lowest BCUT2D eigenvalue weighted by Gasteiger charge is -2.16. The molecule has 162 valence electrons. The van der Waals surface area contributed by atoms with E-state index in [9.17, 15) is 14.0 Å². The monoisotopic (exact) mass is 448 g/mol. The Morgan fingerprint density at radius 3 is 2.22 bits per heavy atom. The molecular formula is C26H22ClFN2O2. The molecule has 0 saturated carbocycles. The molecule has 0 atom stereocenters. The van der Waals surface area contributed by atoms with Crippen LogP contribution in [-0.2, 0) is 9.59 Å². The van der Waals surface area contributed by atoms with E-state index in [1.807, 2.05) is 64.1 Å². The molecule has 0 aromatic heterocycles. The molecule has 4 nitrogen and oxygen atoms in total. The Labute approximate surface area is 191 Å². The largest absolute Gasteiger partial charge is 0.350 e. The fourth-order valence-electron chi connectivity index (χ4n) is 3.76. The van der Waals surface area contributed by atoms with E-state index < -0.39 is 17.6 Å². The van der Waals surface area contributed by atoms with Gasteiger partial charge in [0.25, 0.3) is 11.8 Å². The van der Waals surface area contributed by atoms with Crippen molar-refractivity contribution in [2.45, 2.75) is 27.7 Å². The molecule has 0 saturated heterocycles. The maximum absolute atomic E-state index is 13.7. The predicted octanol–water partition coefficient (Wildman–Crippen LogP) is 6.11. The zero-order chi connectivity index (χ0) is 23.2. The van der Waals surface area contributed by atoms with Gasteiger partial charge in [0.05, 0.1) is 16.3 Å². The SMILES string of the molecule is Cc1ccc(NC2=C(c3ccc(C)c(C)c3)C(=O)N(c3ccc(F)c(Cl)c3)C2=O)c(C)c1. The first-order valence-corrected chi connectivity index (χ1v) is 10.5. The van der Waals surface area contributed by atoms with Crippen LogP contribution in [-0.4, -0.2) is 11.8 Å². The van der Waals surface area contributed by atoms with Gasteiger partial charge in [-0.3, -0.25) is 9.59 Å². The van der Waals surface area contributed by atoms with Crippen LogP contribution in [0.4, 0.5) is 15.8 Å². The number of amides is 2. The van der Waals surface area contributed by atoms with Gasteiger partial charge in [-0.15, -0.1) is 0 Å². The molecule has 2 amide bonds. The lowest BCUT2D eigenvalue weighted by atomic mass is 9.99. The van der Waals surface area contributed by atoms with E-state index in [4.69, 9.17) is 11.6 Å². The minimum atomic E-state index is -0.620. The summed E-state index contributed by atoms with van der Waals surface area (Å²) in [6.45, 7) is 7.86. The van der Waals surface area contributed by atoms with Crippen LogP contribution in [0.2, 0.25) is 5.02 Å². The molecule has 0 aliphatic carbocycles. The highest BCUT2D eigenvalue weighted by Crippen LogP contribution is 2.36. The standard InChI is InChI=1S/C26H22ClFN2O2/c1-14-5-10-22(17(4)11-14)29-24-23(18-7-6-15(2)16(3)12-18)25(31)30(26(24)32)19-8-9-21(28)20(27)13-19/h5-13,29H,1-4H3. The molecule has 0 fully saturated rings. The van der Waals surface area contributed by atoms with Crippen molar-refractivity contribution in [3.63, 3.8) is 0 Å². The number of hydrogen-bond donors (Lipinski definition) is 1. The first kappa shape index (κ1) is 21.8. The lowest BCUT2D eigenvalue weighted by Crippen LogP contribution is -2.32. The average molecular weight is 449 g/mol. The van der Waals surface area contributed by atoms with Crippen LogP contribution < -0.4 is 10.2 Å². The normalized spacial score (nSPS) is 13.9. The summed E-state index contributed by atoms with van der Waals surface area (Å²) in [5.41, 5.74) is 6.13. The van der Waals surface area contributed by atoms with Crippen molar-refractivity contribution in [1.82, 2.24) is 0 Å². The molecule has 1 aliphatic rings. The van der Waals surface area contributed by atoms with E-state index in [1.54, 1.807) is 0 Å². The summed E-state index contributed by atoms with van der Waals surface area (Å²) >= 11 is 5.93. The Hall–Kier alpha value is -3.44. The molecular weight excluding hydrogens is 427 g/mol. The number of rotatable bonds is 4. The maximum Gasteiger partial charge on any atom is 0.282 e. The summed E-state index contributed by atoms with van der Waals surface area (Å²) in [7, 11) is 0. The summed E-state index contributed by atoms with van der Waals surface area (Å²) in [6.07, 6.45) is 0. The number of carbonyl (C=O) groups is 2. The topological polar surface area (TPSA) is 49.4 Å². The van der Waals surface area contributed by atoms with Crippen LogP contribution in [0.1, 0.15) is 27.8 Å². The van der Waals surface area contributed by atoms with Gasteiger partial charge in [-0.1, -0.05) is 47.5 Å². The number of hydrogen-bond acceptors (Lipinski definition) is 3. The highest BCUT2D eigenvalue weighted by Gasteiger charge is 2.40. The zero-order valence-corrected chi connectivity index (χ0v) is 19.0. The van der Waals surface area contributed by atoms with Crippen LogP contribution >= 0.6 is 11.6 Å². The Balaban J connectivity index is 1.87. The molecule has 32 heavy (non-hydrogen) atoms. The third-order valence-corrected chi connectivity index (χ3v) is 5.97. The summed E-state index contributed by atoms with van der Waals surface area (Å²) < 4.78 is 13.7. The van der Waals surface area contributed by atoms with E-state index in [2.05, 4.69) is 5.32 Å². The van der Waals surface area contributed by atoms with Gasteiger partial charge in [0, 0.05) is 5.69 Å². The second-order valence-corrected chi connectivity index (χ2v) is 8.44. The van der Waals surface area contributed by atoms with Crippen molar-refractivity contribution in [3.8, 4) is 0 Å². The lowest BCUT2D eigenvalue weighted by molar-refractivity contribution is -0.120. The fraction of sp³-hybridized carbons (Fsp3) is 0.154. The highest BCUT2D eigenvalue weighted by molar-refractivity contribution is 6.46. The molecule has 0 spiro atoms. The highest BCUT2D eigenvalue weighted by atomic mass is 35.5. The van der Waals surface area contributed by atoms with Crippen LogP contribution in [0, 0.1) is 33.5 Å². The number of halogens is 2. The summed E-state index contributed by atoms with van der Waals surface area (Å²) in [4.78, 5) is 28.0. The number of anilines is 2. The molecule has 1 N–H and O–H groups in total. The first-order chi connectivity index (χ1) is 15.2. The Kier molecular flexibility index (Phi) is 5.61. The fourth-order valence-corrected chi connectivity index (χ4v) is 3.93. The molecule has 0 radical (unpaired) electrons. The van der Waals surface area contributed by atoms with Crippen molar-refractivity contribution in [2.24, 2.45) is 0 Å². The van der Waals surface area contributed by atoms with Gasteiger partial charge in [-0.25, -0.2) is 9.29 Å². The van der Waals surface area contributed by atoms with Crippen molar-refractivity contribution in [2.75, 3.05) is 10.2 Å². The summed E-state index contributed by atoms with van der Waals surface area (Å²) in [6, 6.07) is 15.2. The number of imide groups is 1. The number of benzene rings is 3. The quantitative estimate of drug-likeness (QED) is 0.490. The van der Waals surface area contributed by atoms with Crippen LogP contribution in [0.15, 0.2) is 60.3 Å². The van der Waals surface area contributed by atoms with Gasteiger partial charge in [0.2, 0.25) is 0 Å². The van der Waals surface area contributed by atoms with Gasteiger partial charge in [-0.05, 0) is 74.2 Å². The number of nitrogens with one attached hydrogen (secondary N) is 1. The maximum atomic E-state index is 13.7. The molecule has 0 bridgehead atoms. The third-order valence-electron chi connectivity index (χ3n) is 5.68. The third kappa shape index (κ3) is 3.80. The van der Waals surface area contributed by atoms with Gasteiger partial charge in [0.1, 0.15) is 11.5 Å². The average Bonchev–Trinajstić information content (AvgIpc) is 2.98. The molecule has 4 rings (SSSR count). The molecule has 1 heterocycles. The van der Waals surface area contributed by atoms with E-state index in [0.29, 0.717) is 5.56 Å². The molecule has 3 aromatic rings. The van der Waals surface area contributed by atoms with E-state index in [0.717, 1.165) is 38.9 Å². The van der Waals surface area contributed by atoms with E-state index in [1.165, 1.54) is 12.1 Å². The molecule has 6 heteroatoms. The molecule has 3 aromatic carbocycles. The Bertz CT molecular complexity index is 1310. The minimum absolute atomic E-state index is 0.161. The van der Waals surface area contributed by atoms with Crippen molar-refractivity contribution < 1.29 is 14.0 Å². The van der Waals surface area contributed by atoms with Crippen LogP contribution in [0.25, 0.3) is 5.57 Å². The van der Waals surface area contributed by atoms with E-state index in [-0.39, 0.29) is 22.0 Å². The van der Waals surface area contributed by atoms with E-state index >= 15 is 0 Å². The van der Waals surface area contributed by atoms with Crippen molar-refractivity contribution in [1.29, 1.82) is 0 Å². The first-order valence-electron chi connectivity index (χ1n) is 10.2. The Morgan fingerprint density at radius 1 is 0.812 bits per heavy atom. The summed E-state index contributed by atoms with van der Waals surface area (Å²) in [5, 5.41) is 3.02. The van der Waals surface area contributed by atoms with Crippen LogP contribution in [0.5, 0.6) is 0 Å². The van der Waals surface area contributed by atoms with Gasteiger partial charge >= 0.3 is 0 Å². The van der Waals surface area contributed by atoms with Crippen molar-refractivity contribution >= 4 is 40.4 Å². The molecule has 0 unspecified atom stereocenters. The Morgan fingerprint density at radius 2 is 1.56 bits per heavy atom. The second kappa shape index (κ2) is 8.24. The molecule has 1 aliphatic heterocycles. The number of carbonyl (C=O) groups excluding carboxylic acids is 2. The zero-order valence-electron chi connectivity index (χ0n) is 18.2. The van der Waals surface area contributed by atoms with Gasteiger partial charge in [0.15, 0.2) is 0 Å². The second-order valence-electron chi connectivity index (χ2n) is 8.04. The van der Waals surface area contributed by atoms with Crippen LogP contribution in [0.3, 0.4) is 0 Å². The van der Waals surface area contributed by atoms with Gasteiger partial charge in [-0.2, -0.15) is 0 Å². The smallest absolute Gasteiger partial charge is 0.282 e. The minimum Gasteiger partial charge on any atom is -0.350 e. The number of nitrogens with zero attached hydrogens (tertiary/aromatic N) is 1. The van der Waals surface area contributed by atoms with Crippen molar-refractivity contribution in [3.05, 3.63) is 99.0 Å². The predicted molar refractivity (Wildman–Crippen MR) is 126 cm³/mol. The summed E-state index contributed by atoms with van der Waals surface area (Å²) in [5.74, 6) is -1.63. The number of aryl methyl sites for hydroxylation is 4. The van der Waals surface area contributed by atoms with Gasteiger partial charge < -0.3 is 5.32 Å².